The number of piperazine rings is 1. The van der Waals surface area contributed by atoms with Crippen molar-refractivity contribution in [3.8, 4) is 0 Å². The third-order valence-electron chi connectivity index (χ3n) is 5.06. The maximum Gasteiger partial charge on any atom is 0.410 e. The number of halogens is 1. The van der Waals surface area contributed by atoms with Gasteiger partial charge >= 0.3 is 6.09 Å². The molecule has 2 saturated heterocycles. The number of likely N-dealkylation sites (tertiary alicyclic amines) is 1. The minimum Gasteiger partial charge on any atom is -0.445 e. The molecule has 2 heterocycles. The highest BCUT2D eigenvalue weighted by molar-refractivity contribution is 5.68. The van der Waals surface area contributed by atoms with Crippen molar-refractivity contribution in [3.05, 3.63) is 46.8 Å². The highest BCUT2D eigenvalue weighted by Gasteiger charge is 2.33. The molecule has 0 saturated carbocycles. The van der Waals surface area contributed by atoms with Gasteiger partial charge in [0, 0.05) is 51.4 Å². The molecule has 2 aliphatic rings. The molecule has 0 aliphatic carbocycles. The van der Waals surface area contributed by atoms with Gasteiger partial charge in [-0.15, -0.1) is 0 Å². The first kappa shape index (κ1) is 19.1. The molecule has 9 heteroatoms. The van der Waals surface area contributed by atoms with Crippen LogP contribution in [0.15, 0.2) is 30.9 Å². The SMILES string of the molecule is C=CCOC(=O)N1CC[C@@H](N2CCN(c3ccc([N+](=O)[O-])cc3F)CC2)C1. The van der Waals surface area contributed by atoms with Gasteiger partial charge in [-0.25, -0.2) is 9.18 Å². The van der Waals surface area contributed by atoms with E-state index in [1.54, 1.807) is 11.0 Å². The standard InChI is InChI=1S/C18H23FN4O4/c1-2-11-27-18(24)22-6-5-15(13-22)20-7-9-21(10-8-20)17-4-3-14(23(25)26)12-16(17)19/h2-4,12,15H,1,5-11,13H2/t15-/m1/s1. The zero-order valence-corrected chi connectivity index (χ0v) is 15.1. The van der Waals surface area contributed by atoms with Gasteiger partial charge in [0.1, 0.15) is 6.61 Å². The second-order valence-corrected chi connectivity index (χ2v) is 6.67. The number of carbonyl (C=O) groups excluding carboxylic acids is 1. The summed E-state index contributed by atoms with van der Waals surface area (Å²) in [7, 11) is 0. The van der Waals surface area contributed by atoms with Crippen LogP contribution in [0.3, 0.4) is 0 Å². The number of anilines is 1. The molecule has 2 aliphatic heterocycles. The number of carbonyl (C=O) groups is 1. The summed E-state index contributed by atoms with van der Waals surface area (Å²) >= 11 is 0. The molecule has 27 heavy (non-hydrogen) atoms. The molecule has 1 aromatic carbocycles. The summed E-state index contributed by atoms with van der Waals surface area (Å²) in [6.07, 6.45) is 2.11. The second-order valence-electron chi connectivity index (χ2n) is 6.67. The highest BCUT2D eigenvalue weighted by Crippen LogP contribution is 2.26. The van der Waals surface area contributed by atoms with Gasteiger partial charge in [-0.2, -0.15) is 0 Å². The van der Waals surface area contributed by atoms with Gasteiger partial charge in [-0.3, -0.25) is 15.0 Å². The summed E-state index contributed by atoms with van der Waals surface area (Å²) in [6.45, 7) is 7.79. The number of hydrogen-bond acceptors (Lipinski definition) is 6. The van der Waals surface area contributed by atoms with Gasteiger partial charge in [0.05, 0.1) is 16.7 Å². The molecule has 1 atom stereocenters. The predicted octanol–water partition coefficient (Wildman–Crippen LogP) is 2.25. The van der Waals surface area contributed by atoms with Crippen LogP contribution in [0.5, 0.6) is 0 Å². The van der Waals surface area contributed by atoms with E-state index in [-0.39, 0.29) is 24.4 Å². The molecule has 1 aromatic rings. The molecule has 0 radical (unpaired) electrons. The van der Waals surface area contributed by atoms with E-state index in [1.807, 2.05) is 4.90 Å². The topological polar surface area (TPSA) is 79.2 Å². The molecule has 146 valence electrons. The molecule has 2 fully saturated rings. The Hall–Kier alpha value is -2.68. The quantitative estimate of drug-likeness (QED) is 0.444. The van der Waals surface area contributed by atoms with Crippen molar-refractivity contribution < 1.29 is 18.8 Å². The van der Waals surface area contributed by atoms with Gasteiger partial charge in [0.2, 0.25) is 0 Å². The Balaban J connectivity index is 1.53. The normalized spacial score (nSPS) is 20.6. The molecular formula is C18H23FN4O4. The lowest BCUT2D eigenvalue weighted by atomic mass is 10.1. The summed E-state index contributed by atoms with van der Waals surface area (Å²) in [5.74, 6) is -0.574. The maximum absolute atomic E-state index is 14.2. The molecule has 3 rings (SSSR count). The Bertz CT molecular complexity index is 721. The largest absolute Gasteiger partial charge is 0.445 e. The van der Waals surface area contributed by atoms with Crippen molar-refractivity contribution in [1.82, 2.24) is 9.80 Å². The molecule has 1 amide bonds. The maximum atomic E-state index is 14.2. The van der Waals surface area contributed by atoms with E-state index in [1.165, 1.54) is 12.1 Å². The Labute approximate surface area is 156 Å². The monoisotopic (exact) mass is 378 g/mol. The van der Waals surface area contributed by atoms with Crippen LogP contribution < -0.4 is 4.90 Å². The van der Waals surface area contributed by atoms with Crippen LogP contribution in [-0.2, 0) is 4.74 Å². The fourth-order valence-electron chi connectivity index (χ4n) is 3.62. The van der Waals surface area contributed by atoms with Crippen molar-refractivity contribution in [3.63, 3.8) is 0 Å². The Morgan fingerprint density at radius 2 is 2.07 bits per heavy atom. The lowest BCUT2D eigenvalue weighted by Gasteiger charge is -2.39. The van der Waals surface area contributed by atoms with Crippen LogP contribution >= 0.6 is 0 Å². The van der Waals surface area contributed by atoms with Crippen molar-refractivity contribution >= 4 is 17.5 Å². The van der Waals surface area contributed by atoms with Gasteiger partial charge in [-0.05, 0) is 12.5 Å². The van der Waals surface area contributed by atoms with E-state index in [0.717, 1.165) is 25.6 Å². The molecule has 8 nitrogen and oxygen atoms in total. The molecule has 0 N–H and O–H groups in total. The molecular weight excluding hydrogens is 355 g/mol. The summed E-state index contributed by atoms with van der Waals surface area (Å²) in [5, 5.41) is 10.7. The average Bonchev–Trinajstić information content (AvgIpc) is 3.16. The van der Waals surface area contributed by atoms with Crippen LogP contribution in [0, 0.1) is 15.9 Å². The first-order chi connectivity index (χ1) is 13.0. The average molecular weight is 378 g/mol. The highest BCUT2D eigenvalue weighted by atomic mass is 19.1. The smallest absolute Gasteiger partial charge is 0.410 e. The Morgan fingerprint density at radius 3 is 2.70 bits per heavy atom. The van der Waals surface area contributed by atoms with Crippen LogP contribution in [0.4, 0.5) is 20.6 Å². The van der Waals surface area contributed by atoms with E-state index in [2.05, 4.69) is 11.5 Å². The summed E-state index contributed by atoms with van der Waals surface area (Å²) in [6, 6.07) is 4.03. The van der Waals surface area contributed by atoms with Gasteiger partial charge in [0.15, 0.2) is 5.82 Å². The predicted molar refractivity (Wildman–Crippen MR) is 98.4 cm³/mol. The lowest BCUT2D eigenvalue weighted by Crippen LogP contribution is -2.51. The minimum absolute atomic E-state index is 0.208. The third-order valence-corrected chi connectivity index (χ3v) is 5.06. The number of nitro groups is 1. The number of amides is 1. The number of non-ortho nitro benzene ring substituents is 1. The summed E-state index contributed by atoms with van der Waals surface area (Å²) in [5.41, 5.74) is 0.144. The summed E-state index contributed by atoms with van der Waals surface area (Å²) < 4.78 is 19.3. The van der Waals surface area contributed by atoms with E-state index >= 15 is 0 Å². The van der Waals surface area contributed by atoms with Crippen molar-refractivity contribution in [1.29, 1.82) is 0 Å². The van der Waals surface area contributed by atoms with Crippen molar-refractivity contribution in [2.24, 2.45) is 0 Å². The zero-order valence-electron chi connectivity index (χ0n) is 15.1. The number of hydrogen-bond donors (Lipinski definition) is 0. The Kier molecular flexibility index (Phi) is 5.90. The fraction of sp³-hybridized carbons (Fsp3) is 0.500. The number of nitro benzene ring substituents is 1. The lowest BCUT2D eigenvalue weighted by molar-refractivity contribution is -0.385. The van der Waals surface area contributed by atoms with Gasteiger partial charge in [0.25, 0.3) is 5.69 Å². The summed E-state index contributed by atoms with van der Waals surface area (Å²) in [4.78, 5) is 28.0. The van der Waals surface area contributed by atoms with Crippen LogP contribution in [0.25, 0.3) is 0 Å². The second kappa shape index (κ2) is 8.34. The molecule has 0 unspecified atom stereocenters. The molecule has 0 spiro atoms. The van der Waals surface area contributed by atoms with E-state index in [0.29, 0.717) is 31.9 Å². The van der Waals surface area contributed by atoms with Gasteiger partial charge < -0.3 is 14.5 Å². The number of ether oxygens (including phenoxy) is 1. The minimum atomic E-state index is -0.600. The zero-order chi connectivity index (χ0) is 19.4. The fourth-order valence-corrected chi connectivity index (χ4v) is 3.62. The van der Waals surface area contributed by atoms with Crippen molar-refractivity contribution in [2.45, 2.75) is 12.5 Å². The molecule has 0 bridgehead atoms. The molecule has 0 aromatic heterocycles. The first-order valence-corrected chi connectivity index (χ1v) is 8.95. The van der Waals surface area contributed by atoms with Gasteiger partial charge in [-0.1, -0.05) is 12.7 Å². The first-order valence-electron chi connectivity index (χ1n) is 8.95. The van der Waals surface area contributed by atoms with E-state index in [4.69, 9.17) is 4.74 Å². The number of rotatable bonds is 5. The van der Waals surface area contributed by atoms with Crippen LogP contribution in [0.2, 0.25) is 0 Å². The van der Waals surface area contributed by atoms with E-state index in [9.17, 15) is 19.3 Å². The van der Waals surface area contributed by atoms with Crippen LogP contribution in [0.1, 0.15) is 6.42 Å². The van der Waals surface area contributed by atoms with Crippen molar-refractivity contribution in [2.75, 3.05) is 50.8 Å². The number of benzene rings is 1. The third kappa shape index (κ3) is 4.36. The number of nitrogens with zero attached hydrogens (tertiary/aromatic N) is 4. The Morgan fingerprint density at radius 1 is 1.33 bits per heavy atom. The van der Waals surface area contributed by atoms with E-state index < -0.39 is 10.7 Å². The van der Waals surface area contributed by atoms with Crippen LogP contribution in [-0.4, -0.2) is 72.7 Å².